The number of hydrogen-bond donors (Lipinski definition) is 3. The van der Waals surface area contributed by atoms with Gasteiger partial charge in [-0.3, -0.25) is 4.79 Å². The number of hydrogen-bond acceptors (Lipinski definition) is 9. The number of H-pyrrole nitrogens is 1. The molecule has 0 amide bonds. The second-order valence-electron chi connectivity index (χ2n) is 12.0. The Balaban J connectivity index is 1.19. The normalized spacial score (nSPS) is 19.7. The van der Waals surface area contributed by atoms with Crippen LogP contribution in [0.3, 0.4) is 0 Å². The molecular formula is C31H34F2N8O3S. The highest BCUT2D eigenvalue weighted by molar-refractivity contribution is 7.90. The van der Waals surface area contributed by atoms with E-state index in [1.807, 2.05) is 24.3 Å². The molecule has 3 N–H and O–H groups in total. The Morgan fingerprint density at radius 2 is 1.71 bits per heavy atom. The highest BCUT2D eigenvalue weighted by Gasteiger charge is 2.43. The minimum Gasteiger partial charge on any atom is -0.369 e. The molecule has 2 aromatic heterocycles. The third kappa shape index (κ3) is 5.97. The predicted molar refractivity (Wildman–Crippen MR) is 169 cm³/mol. The number of nitrogens with zero attached hydrogens (tertiary/aromatic N) is 5. The fraction of sp³-hybridized carbons (Fsp3) is 0.387. The van der Waals surface area contributed by atoms with Gasteiger partial charge >= 0.3 is 0 Å². The molecule has 0 radical (unpaired) electrons. The quantitative estimate of drug-likeness (QED) is 0.234. The first-order valence-corrected chi connectivity index (χ1v) is 16.6. The lowest BCUT2D eigenvalue weighted by atomic mass is 10.0. The molecule has 3 aliphatic rings. The first-order chi connectivity index (χ1) is 21.7. The third-order valence-electron chi connectivity index (χ3n) is 8.75. The second kappa shape index (κ2) is 11.7. The molecule has 0 unspecified atom stereocenters. The van der Waals surface area contributed by atoms with Crippen LogP contribution in [-0.2, 0) is 10.0 Å². The van der Waals surface area contributed by atoms with Crippen LogP contribution in [0.5, 0.6) is 0 Å². The summed E-state index contributed by atoms with van der Waals surface area (Å²) in [5.74, 6) is -2.10. The van der Waals surface area contributed by atoms with Gasteiger partial charge in [0.1, 0.15) is 11.5 Å². The van der Waals surface area contributed by atoms with E-state index in [2.05, 4.69) is 37.4 Å². The summed E-state index contributed by atoms with van der Waals surface area (Å²) in [7, 11) is -1.22. The fourth-order valence-corrected chi connectivity index (χ4v) is 7.86. The third-order valence-corrected chi connectivity index (χ3v) is 11.1. The number of fused-ring (bicyclic) bond motifs is 1. The Hall–Kier alpha value is -4.14. The van der Waals surface area contributed by atoms with E-state index in [1.54, 1.807) is 0 Å². The zero-order valence-corrected chi connectivity index (χ0v) is 25.6. The van der Waals surface area contributed by atoms with Crippen molar-refractivity contribution in [2.24, 2.45) is 0 Å². The van der Waals surface area contributed by atoms with E-state index in [9.17, 15) is 22.0 Å². The van der Waals surface area contributed by atoms with Gasteiger partial charge in [-0.25, -0.2) is 17.2 Å². The van der Waals surface area contributed by atoms with Gasteiger partial charge in [0.2, 0.25) is 16.0 Å². The summed E-state index contributed by atoms with van der Waals surface area (Å²) < 4.78 is 54.8. The summed E-state index contributed by atoms with van der Waals surface area (Å²) in [6.07, 6.45) is 3.41. The van der Waals surface area contributed by atoms with Crippen molar-refractivity contribution in [1.82, 2.24) is 24.2 Å². The molecule has 236 valence electrons. The largest absolute Gasteiger partial charge is 0.369 e. The van der Waals surface area contributed by atoms with Crippen LogP contribution < -0.4 is 15.5 Å². The van der Waals surface area contributed by atoms with Gasteiger partial charge in [-0.2, -0.15) is 14.3 Å². The predicted octanol–water partition coefficient (Wildman–Crippen LogP) is 3.94. The highest BCUT2D eigenvalue weighted by Crippen LogP contribution is 2.34. The van der Waals surface area contributed by atoms with Crippen LogP contribution in [0.15, 0.2) is 48.7 Å². The van der Waals surface area contributed by atoms with Crippen molar-refractivity contribution in [2.75, 3.05) is 61.8 Å². The molecule has 1 aliphatic carbocycles. The average Bonchev–Trinajstić information content (AvgIpc) is 3.65. The molecule has 1 atom stereocenters. The maximum absolute atomic E-state index is 14.0. The van der Waals surface area contributed by atoms with Crippen molar-refractivity contribution < 1.29 is 22.0 Å². The van der Waals surface area contributed by atoms with Gasteiger partial charge in [0.15, 0.2) is 17.4 Å². The van der Waals surface area contributed by atoms with Crippen LogP contribution in [0.4, 0.5) is 31.9 Å². The summed E-state index contributed by atoms with van der Waals surface area (Å²) in [5, 5.41) is 6.69. The van der Waals surface area contributed by atoms with Gasteiger partial charge in [0.25, 0.3) is 0 Å². The number of aromatic nitrogens is 3. The Bertz CT molecular complexity index is 1850. The number of benzene rings is 2. The maximum Gasteiger partial charge on any atom is 0.231 e. The Kier molecular flexibility index (Phi) is 7.66. The lowest BCUT2D eigenvalue weighted by Crippen LogP contribution is -2.44. The van der Waals surface area contributed by atoms with E-state index in [-0.39, 0.29) is 34.9 Å². The van der Waals surface area contributed by atoms with Gasteiger partial charge in [-0.1, -0.05) is 0 Å². The molecule has 3 fully saturated rings. The summed E-state index contributed by atoms with van der Waals surface area (Å²) >= 11 is 0. The molecule has 2 aromatic carbocycles. The number of carbonyl (C=O) groups excluding carboxylic acids is 1. The van der Waals surface area contributed by atoms with Crippen molar-refractivity contribution in [2.45, 2.75) is 30.6 Å². The van der Waals surface area contributed by atoms with E-state index >= 15 is 0 Å². The molecule has 2 aliphatic heterocycles. The summed E-state index contributed by atoms with van der Waals surface area (Å²) in [6, 6.07) is 10.8. The van der Waals surface area contributed by atoms with Crippen LogP contribution >= 0.6 is 0 Å². The number of rotatable bonds is 9. The standard InChI is InChI=1S/C31H34F2N8O3S/c1-39-12-14-40(15-13-39)22-5-3-20(4-6-22)36-31-37-29-27(24(17-34-29)28(42)19-2-9-25(32)26(33)16-19)30(38-31)35-21-10-11-41(18-21)45(43,44)23-7-8-23/h2-6,9,16-17,21,23H,7-8,10-15,18H2,1H3,(H3,34,35,36,37,38)/t21-/m0/s1. The van der Waals surface area contributed by atoms with Crippen LogP contribution in [0.25, 0.3) is 11.0 Å². The lowest BCUT2D eigenvalue weighted by molar-refractivity contribution is 0.103. The molecule has 7 rings (SSSR count). The van der Waals surface area contributed by atoms with Crippen LogP contribution in [0.1, 0.15) is 35.2 Å². The van der Waals surface area contributed by atoms with E-state index in [0.717, 1.165) is 49.7 Å². The Morgan fingerprint density at radius 3 is 2.42 bits per heavy atom. The van der Waals surface area contributed by atoms with E-state index in [1.165, 1.54) is 16.6 Å². The molecule has 14 heteroatoms. The van der Waals surface area contributed by atoms with Crippen molar-refractivity contribution in [3.63, 3.8) is 0 Å². The average molecular weight is 637 g/mol. The van der Waals surface area contributed by atoms with Gasteiger partial charge in [0, 0.05) is 68.4 Å². The van der Waals surface area contributed by atoms with E-state index < -0.39 is 27.4 Å². The number of halogens is 2. The topological polar surface area (TPSA) is 127 Å². The highest BCUT2D eigenvalue weighted by atomic mass is 32.2. The van der Waals surface area contributed by atoms with Gasteiger partial charge in [-0.15, -0.1) is 0 Å². The Labute approximate surface area is 259 Å². The smallest absolute Gasteiger partial charge is 0.231 e. The van der Waals surface area contributed by atoms with Crippen LogP contribution in [0.2, 0.25) is 0 Å². The van der Waals surface area contributed by atoms with E-state index in [4.69, 9.17) is 4.98 Å². The molecule has 11 nitrogen and oxygen atoms in total. The fourth-order valence-electron chi connectivity index (χ4n) is 5.96. The SMILES string of the molecule is CN1CCN(c2ccc(Nc3nc(N[C@H]4CCN(S(=O)(=O)C5CC5)C4)c4c(C(=O)c5ccc(F)c(F)c5)c[nH]c4n3)cc2)CC1. The number of sulfonamides is 1. The number of likely N-dealkylation sites (N-methyl/N-ethyl adjacent to an activating group) is 1. The minimum atomic E-state index is -3.34. The molecular weight excluding hydrogens is 602 g/mol. The van der Waals surface area contributed by atoms with Crippen molar-refractivity contribution >= 4 is 50.0 Å². The van der Waals surface area contributed by atoms with Gasteiger partial charge in [0.05, 0.1) is 16.2 Å². The molecule has 2 saturated heterocycles. The first kappa shape index (κ1) is 29.6. The van der Waals surface area contributed by atoms with Crippen molar-refractivity contribution in [3.05, 3.63) is 71.4 Å². The first-order valence-electron chi connectivity index (χ1n) is 15.1. The van der Waals surface area contributed by atoms with E-state index in [0.29, 0.717) is 42.7 Å². The van der Waals surface area contributed by atoms with Crippen LogP contribution in [0, 0.1) is 11.6 Å². The molecule has 45 heavy (non-hydrogen) atoms. The molecule has 1 saturated carbocycles. The van der Waals surface area contributed by atoms with Crippen molar-refractivity contribution in [1.29, 1.82) is 0 Å². The number of aromatic amines is 1. The number of carbonyl (C=O) groups is 1. The summed E-state index contributed by atoms with van der Waals surface area (Å²) in [4.78, 5) is 30.5. The molecule has 4 heterocycles. The van der Waals surface area contributed by atoms with Crippen molar-refractivity contribution in [3.8, 4) is 0 Å². The second-order valence-corrected chi connectivity index (χ2v) is 14.2. The molecule has 0 bridgehead atoms. The van der Waals surface area contributed by atoms with Gasteiger partial charge < -0.3 is 25.4 Å². The Morgan fingerprint density at radius 1 is 0.956 bits per heavy atom. The van der Waals surface area contributed by atoms with Crippen LogP contribution in [-0.4, -0.2) is 96.0 Å². The zero-order valence-electron chi connectivity index (χ0n) is 24.8. The number of ketones is 1. The monoisotopic (exact) mass is 636 g/mol. The molecule has 4 aromatic rings. The lowest BCUT2D eigenvalue weighted by Gasteiger charge is -2.34. The van der Waals surface area contributed by atoms with Gasteiger partial charge in [-0.05, 0) is 68.8 Å². The summed E-state index contributed by atoms with van der Waals surface area (Å²) in [6.45, 7) is 4.59. The minimum absolute atomic E-state index is 0.0223. The maximum atomic E-state index is 14.0. The number of nitrogens with one attached hydrogen (secondary N) is 3. The summed E-state index contributed by atoms with van der Waals surface area (Å²) in [5.41, 5.74) is 2.41. The molecule has 0 spiro atoms. The number of anilines is 4. The zero-order chi connectivity index (χ0) is 31.3. The number of piperazine rings is 1.